The minimum Gasteiger partial charge on any atom is -0.481 e. The summed E-state index contributed by atoms with van der Waals surface area (Å²) in [5.41, 5.74) is 0. The Balaban J connectivity index is 4.51. The van der Waals surface area contributed by atoms with Crippen LogP contribution in [0.2, 0.25) is 0 Å². The fourth-order valence-electron chi connectivity index (χ4n) is 1.74. The molecule has 0 spiro atoms. The lowest BCUT2D eigenvalue weighted by atomic mass is 10.0. The molecule has 20 heavy (non-hydrogen) atoms. The first-order valence-electron chi connectivity index (χ1n) is 6.95. The molecule has 0 heterocycles. The van der Waals surface area contributed by atoms with E-state index in [9.17, 15) is 9.59 Å². The third kappa shape index (κ3) is 7.91. The molecular formula is C14H25NO5. The van der Waals surface area contributed by atoms with Crippen molar-refractivity contribution in [3.63, 3.8) is 0 Å². The molecular weight excluding hydrogens is 262 g/mol. The summed E-state index contributed by atoms with van der Waals surface area (Å²) in [4.78, 5) is 24.3. The number of hydrogen-bond donors (Lipinski definition) is 3. The predicted octanol–water partition coefficient (Wildman–Crippen LogP) is 0.637. The second-order valence-corrected chi connectivity index (χ2v) is 4.55. The van der Waals surface area contributed by atoms with E-state index in [4.69, 9.17) is 15.3 Å². The van der Waals surface area contributed by atoms with Crippen molar-refractivity contribution in [3.8, 4) is 0 Å². The third-order valence-electron chi connectivity index (χ3n) is 2.90. The second-order valence-electron chi connectivity index (χ2n) is 4.55. The van der Waals surface area contributed by atoms with Crippen LogP contribution in [0.4, 0.5) is 0 Å². The smallest absolute Gasteiger partial charge is 0.310 e. The quantitative estimate of drug-likeness (QED) is 0.382. The summed E-state index contributed by atoms with van der Waals surface area (Å²) in [6.07, 6.45) is 5.99. The van der Waals surface area contributed by atoms with Gasteiger partial charge in [-0.3, -0.25) is 9.59 Å². The number of allylic oxidation sites excluding steroid dienone is 1. The van der Waals surface area contributed by atoms with E-state index in [0.29, 0.717) is 0 Å². The van der Waals surface area contributed by atoms with Crippen LogP contribution >= 0.6 is 0 Å². The monoisotopic (exact) mass is 287 g/mol. The van der Waals surface area contributed by atoms with Crippen LogP contribution in [0.15, 0.2) is 12.2 Å². The van der Waals surface area contributed by atoms with E-state index in [0.717, 1.165) is 19.3 Å². The lowest BCUT2D eigenvalue weighted by molar-refractivity contribution is -0.144. The number of aliphatic carboxylic acids is 1. The van der Waals surface area contributed by atoms with Crippen molar-refractivity contribution in [3.05, 3.63) is 12.2 Å². The number of nitrogens with zero attached hydrogens (tertiary/aromatic N) is 1. The van der Waals surface area contributed by atoms with Gasteiger partial charge >= 0.3 is 5.97 Å². The summed E-state index contributed by atoms with van der Waals surface area (Å²) in [5.74, 6) is -2.28. The summed E-state index contributed by atoms with van der Waals surface area (Å²) in [6.45, 7) is 1.83. The van der Waals surface area contributed by atoms with E-state index >= 15 is 0 Å². The van der Waals surface area contributed by atoms with Crippen LogP contribution < -0.4 is 0 Å². The van der Waals surface area contributed by atoms with Gasteiger partial charge in [0.15, 0.2) is 0 Å². The van der Waals surface area contributed by atoms with Crippen LogP contribution in [0, 0.1) is 5.92 Å². The standard InChI is InChI=1S/C14H25NO5/c1-2-3-4-5-6-12(14(19)20)11-13(18)15(7-9-16)8-10-17/h5-6,12,16-17H,2-4,7-11H2,1H3,(H,19,20). The van der Waals surface area contributed by atoms with Crippen molar-refractivity contribution >= 4 is 11.9 Å². The molecule has 0 aliphatic heterocycles. The van der Waals surface area contributed by atoms with Gasteiger partial charge in [-0.25, -0.2) is 0 Å². The molecule has 0 rings (SSSR count). The van der Waals surface area contributed by atoms with Gasteiger partial charge in [-0.05, 0) is 6.42 Å². The molecule has 3 N–H and O–H groups in total. The van der Waals surface area contributed by atoms with E-state index in [1.165, 1.54) is 4.90 Å². The molecule has 6 nitrogen and oxygen atoms in total. The number of aliphatic hydroxyl groups is 2. The molecule has 0 fully saturated rings. The number of aliphatic hydroxyl groups excluding tert-OH is 2. The zero-order valence-corrected chi connectivity index (χ0v) is 12.0. The van der Waals surface area contributed by atoms with Gasteiger partial charge in [0.2, 0.25) is 5.91 Å². The van der Waals surface area contributed by atoms with Crippen molar-refractivity contribution in [2.75, 3.05) is 26.3 Å². The minimum absolute atomic E-state index is 0.102. The van der Waals surface area contributed by atoms with Crippen LogP contribution in [0.3, 0.4) is 0 Å². The topological polar surface area (TPSA) is 98.1 Å². The Morgan fingerprint density at radius 3 is 2.25 bits per heavy atom. The number of hydrogen-bond acceptors (Lipinski definition) is 4. The van der Waals surface area contributed by atoms with Gasteiger partial charge in [0, 0.05) is 19.5 Å². The molecule has 0 aliphatic carbocycles. The molecule has 1 amide bonds. The number of unbranched alkanes of at least 4 members (excludes halogenated alkanes) is 2. The first kappa shape index (κ1) is 18.6. The molecule has 0 saturated heterocycles. The molecule has 116 valence electrons. The Morgan fingerprint density at radius 2 is 1.80 bits per heavy atom. The highest BCUT2D eigenvalue weighted by Crippen LogP contribution is 2.10. The lowest BCUT2D eigenvalue weighted by Crippen LogP contribution is -2.37. The van der Waals surface area contributed by atoms with E-state index in [-0.39, 0.29) is 38.6 Å². The third-order valence-corrected chi connectivity index (χ3v) is 2.90. The minimum atomic E-state index is -1.04. The molecule has 6 heteroatoms. The van der Waals surface area contributed by atoms with Crippen molar-refractivity contribution in [2.45, 2.75) is 32.6 Å². The molecule has 0 aromatic carbocycles. The predicted molar refractivity (Wildman–Crippen MR) is 75.2 cm³/mol. The van der Waals surface area contributed by atoms with Gasteiger partial charge in [-0.2, -0.15) is 0 Å². The van der Waals surface area contributed by atoms with E-state index in [1.807, 2.05) is 6.92 Å². The maximum Gasteiger partial charge on any atom is 0.310 e. The Kier molecular flexibility index (Phi) is 10.6. The molecule has 0 bridgehead atoms. The average Bonchev–Trinajstić information content (AvgIpc) is 2.41. The molecule has 1 atom stereocenters. The van der Waals surface area contributed by atoms with Gasteiger partial charge in [-0.1, -0.05) is 31.9 Å². The van der Waals surface area contributed by atoms with Gasteiger partial charge in [0.1, 0.15) is 0 Å². The fourth-order valence-corrected chi connectivity index (χ4v) is 1.74. The highest BCUT2D eigenvalue weighted by molar-refractivity contribution is 5.83. The first-order chi connectivity index (χ1) is 9.56. The second kappa shape index (κ2) is 11.4. The number of rotatable bonds is 11. The van der Waals surface area contributed by atoms with Gasteiger partial charge in [0.05, 0.1) is 19.1 Å². The highest BCUT2D eigenvalue weighted by atomic mass is 16.4. The number of carbonyl (C=O) groups is 2. The zero-order chi connectivity index (χ0) is 15.4. The first-order valence-corrected chi connectivity index (χ1v) is 6.95. The Labute approximate surface area is 119 Å². The van der Waals surface area contributed by atoms with Crippen LogP contribution in [-0.4, -0.2) is 58.4 Å². The van der Waals surface area contributed by atoms with E-state index in [2.05, 4.69) is 0 Å². The highest BCUT2D eigenvalue weighted by Gasteiger charge is 2.21. The van der Waals surface area contributed by atoms with Gasteiger partial charge in [0.25, 0.3) is 0 Å². The number of carboxylic acid groups (broad SMARTS) is 1. The summed E-state index contributed by atoms with van der Waals surface area (Å²) in [6, 6.07) is 0. The van der Waals surface area contributed by atoms with Crippen molar-refractivity contribution in [2.24, 2.45) is 5.92 Å². The fraction of sp³-hybridized carbons (Fsp3) is 0.714. The van der Waals surface area contributed by atoms with Crippen molar-refractivity contribution in [1.82, 2.24) is 4.90 Å². The SMILES string of the molecule is CCCCC=CC(CC(=O)N(CCO)CCO)C(=O)O. The van der Waals surface area contributed by atoms with E-state index in [1.54, 1.807) is 12.2 Å². The average molecular weight is 287 g/mol. The van der Waals surface area contributed by atoms with Gasteiger partial charge < -0.3 is 20.2 Å². The van der Waals surface area contributed by atoms with E-state index < -0.39 is 11.9 Å². The van der Waals surface area contributed by atoms with Crippen LogP contribution in [0.1, 0.15) is 32.6 Å². The van der Waals surface area contributed by atoms with Crippen LogP contribution in [-0.2, 0) is 9.59 Å². The molecule has 0 aromatic heterocycles. The number of carboxylic acids is 1. The molecule has 0 radical (unpaired) electrons. The normalized spacial score (nSPS) is 12.6. The Morgan fingerprint density at radius 1 is 1.20 bits per heavy atom. The Bertz CT molecular complexity index is 311. The van der Waals surface area contributed by atoms with Gasteiger partial charge in [-0.15, -0.1) is 0 Å². The molecule has 0 aliphatic rings. The lowest BCUT2D eigenvalue weighted by Gasteiger charge is -2.21. The largest absolute Gasteiger partial charge is 0.481 e. The zero-order valence-electron chi connectivity index (χ0n) is 12.0. The number of carbonyl (C=O) groups excluding carboxylic acids is 1. The van der Waals surface area contributed by atoms with Crippen LogP contribution in [0.5, 0.6) is 0 Å². The molecule has 0 aromatic rings. The summed E-state index contributed by atoms with van der Waals surface area (Å²) in [5, 5.41) is 26.8. The maximum absolute atomic E-state index is 11.9. The van der Waals surface area contributed by atoms with Crippen molar-refractivity contribution < 1.29 is 24.9 Å². The summed E-state index contributed by atoms with van der Waals surface area (Å²) < 4.78 is 0. The summed E-state index contributed by atoms with van der Waals surface area (Å²) in [7, 11) is 0. The maximum atomic E-state index is 11.9. The Hall–Kier alpha value is -1.40. The number of amides is 1. The molecule has 0 saturated carbocycles. The summed E-state index contributed by atoms with van der Waals surface area (Å²) >= 11 is 0. The molecule has 1 unspecified atom stereocenters. The van der Waals surface area contributed by atoms with Crippen LogP contribution in [0.25, 0.3) is 0 Å². The van der Waals surface area contributed by atoms with Crippen molar-refractivity contribution in [1.29, 1.82) is 0 Å².